The van der Waals surface area contributed by atoms with Crippen LogP contribution in [0.1, 0.15) is 10.4 Å². The lowest BCUT2D eigenvalue weighted by Crippen LogP contribution is -2.50. The van der Waals surface area contributed by atoms with E-state index in [1.54, 1.807) is 36.4 Å². The number of carbonyl (C=O) groups excluding carboxylic acids is 1. The summed E-state index contributed by atoms with van der Waals surface area (Å²) in [7, 11) is -1.94. The second-order valence-electron chi connectivity index (χ2n) is 4.48. The highest BCUT2D eigenvalue weighted by Gasteiger charge is 2.53. The number of Topliss-reactive ketones (excluding diaryl/α,β-unsaturated/α-hetero) is 1. The quantitative estimate of drug-likeness (QED) is 0.603. The lowest BCUT2D eigenvalue weighted by molar-refractivity contribution is -0.108. The van der Waals surface area contributed by atoms with Crippen molar-refractivity contribution in [1.29, 1.82) is 0 Å². The Hall–Kier alpha value is -2.02. The molecule has 116 valence electrons. The summed E-state index contributed by atoms with van der Waals surface area (Å²) < 4.78 is 35.8. The van der Waals surface area contributed by atoms with Crippen LogP contribution in [0.2, 0.25) is 0 Å². The van der Waals surface area contributed by atoms with Gasteiger partial charge in [0.2, 0.25) is 15.6 Å². The summed E-state index contributed by atoms with van der Waals surface area (Å²) in [5.74, 6) is -0.776. The second-order valence-corrected chi connectivity index (χ2v) is 6.49. The monoisotopic (exact) mass is 320 g/mol. The highest BCUT2D eigenvalue weighted by molar-refractivity contribution is 7.93. The number of rotatable bonds is 6. The Labute approximate surface area is 129 Å². The Morgan fingerprint density at radius 3 is 1.77 bits per heavy atom. The highest BCUT2D eigenvalue weighted by Crippen LogP contribution is 2.31. The minimum absolute atomic E-state index is 0.0528. The molecule has 0 atom stereocenters. The number of methoxy groups -OCH3 is 2. The number of sulfone groups is 1. The van der Waals surface area contributed by atoms with Crippen LogP contribution in [0.4, 0.5) is 0 Å². The van der Waals surface area contributed by atoms with Gasteiger partial charge in [-0.3, -0.25) is 4.79 Å². The summed E-state index contributed by atoms with van der Waals surface area (Å²) in [6, 6.07) is 15.6. The Morgan fingerprint density at radius 2 is 1.32 bits per heavy atom. The van der Waals surface area contributed by atoms with Crippen LogP contribution in [-0.2, 0) is 19.3 Å². The molecule has 5 nitrogen and oxygen atoms in total. The van der Waals surface area contributed by atoms with Crippen molar-refractivity contribution in [1.82, 2.24) is 0 Å². The van der Waals surface area contributed by atoms with Crippen molar-refractivity contribution in [3.63, 3.8) is 0 Å². The van der Waals surface area contributed by atoms with E-state index in [-0.39, 0.29) is 10.5 Å². The largest absolute Gasteiger partial charge is 0.344 e. The summed E-state index contributed by atoms with van der Waals surface area (Å²) >= 11 is 0. The summed E-state index contributed by atoms with van der Waals surface area (Å²) in [6.07, 6.45) is 0. The van der Waals surface area contributed by atoms with Gasteiger partial charge in [-0.15, -0.1) is 0 Å². The standard InChI is InChI=1S/C16H16O5S/c1-20-16(21-2,15(17)13-9-5-3-6-10-13)22(18,19)14-11-7-4-8-12-14/h3-12H,1-2H3. The first kappa shape index (κ1) is 16.4. The van der Waals surface area contributed by atoms with Crippen molar-refractivity contribution in [2.45, 2.75) is 10.0 Å². The van der Waals surface area contributed by atoms with Crippen molar-refractivity contribution in [2.75, 3.05) is 14.2 Å². The van der Waals surface area contributed by atoms with Crippen molar-refractivity contribution in [3.05, 3.63) is 66.2 Å². The average Bonchev–Trinajstić information content (AvgIpc) is 2.57. The molecule has 0 bridgehead atoms. The van der Waals surface area contributed by atoms with Crippen LogP contribution >= 0.6 is 0 Å². The fraction of sp³-hybridized carbons (Fsp3) is 0.188. The number of carbonyl (C=O) groups is 1. The molecule has 0 fully saturated rings. The molecule has 6 heteroatoms. The van der Waals surface area contributed by atoms with Gasteiger partial charge in [-0.2, -0.15) is 0 Å². The number of hydrogen-bond acceptors (Lipinski definition) is 5. The first-order chi connectivity index (χ1) is 10.5. The first-order valence-corrected chi connectivity index (χ1v) is 7.97. The third kappa shape index (κ3) is 2.56. The van der Waals surface area contributed by atoms with Gasteiger partial charge in [-0.25, -0.2) is 8.42 Å². The predicted molar refractivity (Wildman–Crippen MR) is 81.1 cm³/mol. The smallest absolute Gasteiger partial charge is 0.334 e. The molecular formula is C16H16O5S. The predicted octanol–water partition coefficient (Wildman–Crippen LogP) is 2.29. The van der Waals surface area contributed by atoms with Gasteiger partial charge in [0.15, 0.2) is 0 Å². The average molecular weight is 320 g/mol. The maximum atomic E-state index is 12.9. The molecule has 0 aliphatic rings. The van der Waals surface area contributed by atoms with Crippen molar-refractivity contribution < 1.29 is 22.7 Å². The van der Waals surface area contributed by atoms with Crippen molar-refractivity contribution in [2.24, 2.45) is 0 Å². The molecule has 2 aromatic rings. The molecule has 0 aliphatic carbocycles. The van der Waals surface area contributed by atoms with Crippen LogP contribution in [-0.4, -0.2) is 33.5 Å². The van der Waals surface area contributed by atoms with E-state index in [9.17, 15) is 13.2 Å². The van der Waals surface area contributed by atoms with Crippen molar-refractivity contribution >= 4 is 15.6 Å². The SMILES string of the molecule is COC(OC)(C(=O)c1ccccc1)S(=O)(=O)c1ccccc1. The molecule has 0 saturated heterocycles. The second kappa shape index (κ2) is 6.39. The van der Waals surface area contributed by atoms with Crippen LogP contribution in [0.25, 0.3) is 0 Å². The molecule has 0 amide bonds. The van der Waals surface area contributed by atoms with Gasteiger partial charge in [0.05, 0.1) is 4.90 Å². The summed E-state index contributed by atoms with van der Waals surface area (Å²) in [5, 5.41) is -2.42. The lowest BCUT2D eigenvalue weighted by atomic mass is 10.1. The van der Waals surface area contributed by atoms with Crippen LogP contribution < -0.4 is 0 Å². The zero-order valence-corrected chi connectivity index (χ0v) is 13.0. The van der Waals surface area contributed by atoms with E-state index in [4.69, 9.17) is 9.47 Å². The molecule has 0 N–H and O–H groups in total. The molecule has 0 heterocycles. The van der Waals surface area contributed by atoms with Crippen LogP contribution in [0, 0.1) is 0 Å². The van der Waals surface area contributed by atoms with Gasteiger partial charge in [0.25, 0.3) is 0 Å². The van der Waals surface area contributed by atoms with E-state index < -0.39 is 20.7 Å². The Balaban J connectivity index is 2.61. The summed E-state index contributed by atoms with van der Waals surface area (Å²) in [5.41, 5.74) is 0.186. The third-order valence-corrected chi connectivity index (χ3v) is 5.38. The van der Waals surface area contributed by atoms with E-state index in [1.807, 2.05) is 0 Å². The highest BCUT2D eigenvalue weighted by atomic mass is 32.2. The molecule has 0 spiro atoms. The maximum Gasteiger partial charge on any atom is 0.344 e. The van der Waals surface area contributed by atoms with Crippen LogP contribution in [0.15, 0.2) is 65.6 Å². The third-order valence-electron chi connectivity index (χ3n) is 3.26. The fourth-order valence-corrected chi connectivity index (χ4v) is 3.76. The van der Waals surface area contributed by atoms with Gasteiger partial charge in [-0.1, -0.05) is 48.5 Å². The van der Waals surface area contributed by atoms with E-state index in [2.05, 4.69) is 0 Å². The Bertz CT molecular complexity index is 735. The molecule has 22 heavy (non-hydrogen) atoms. The van der Waals surface area contributed by atoms with Gasteiger partial charge >= 0.3 is 5.12 Å². The van der Waals surface area contributed by atoms with Gasteiger partial charge < -0.3 is 9.47 Å². The zero-order chi connectivity index (χ0) is 16.2. The van der Waals surface area contributed by atoms with Crippen LogP contribution in [0.3, 0.4) is 0 Å². The molecule has 2 aromatic carbocycles. The number of benzene rings is 2. The maximum absolute atomic E-state index is 12.9. The first-order valence-electron chi connectivity index (χ1n) is 6.49. The molecule has 0 unspecified atom stereocenters. The minimum atomic E-state index is -4.20. The van der Waals surface area contributed by atoms with Gasteiger partial charge in [0.1, 0.15) is 0 Å². The minimum Gasteiger partial charge on any atom is -0.334 e. The number of ketones is 1. The fourth-order valence-electron chi connectivity index (χ4n) is 2.13. The topological polar surface area (TPSA) is 69.7 Å². The molecule has 0 radical (unpaired) electrons. The normalized spacial score (nSPS) is 12.1. The van der Waals surface area contributed by atoms with E-state index in [1.165, 1.54) is 24.3 Å². The van der Waals surface area contributed by atoms with Gasteiger partial charge in [-0.05, 0) is 12.1 Å². The Morgan fingerprint density at radius 1 is 0.864 bits per heavy atom. The van der Waals surface area contributed by atoms with Crippen LogP contribution in [0.5, 0.6) is 0 Å². The summed E-state index contributed by atoms with van der Waals surface area (Å²) in [4.78, 5) is 12.7. The Kier molecular flexibility index (Phi) is 4.75. The summed E-state index contributed by atoms with van der Waals surface area (Å²) in [6.45, 7) is 0. The zero-order valence-electron chi connectivity index (χ0n) is 12.2. The van der Waals surface area contributed by atoms with E-state index in [0.29, 0.717) is 0 Å². The number of hydrogen-bond donors (Lipinski definition) is 0. The van der Waals surface area contributed by atoms with E-state index in [0.717, 1.165) is 14.2 Å². The molecule has 0 aliphatic heterocycles. The lowest BCUT2D eigenvalue weighted by Gasteiger charge is -2.28. The molecule has 0 saturated carbocycles. The van der Waals surface area contributed by atoms with Gasteiger partial charge in [0, 0.05) is 19.8 Å². The molecular weight excluding hydrogens is 304 g/mol. The number of ether oxygens (including phenoxy) is 2. The molecule has 2 rings (SSSR count). The van der Waals surface area contributed by atoms with Crippen molar-refractivity contribution in [3.8, 4) is 0 Å². The molecule has 0 aromatic heterocycles. The van der Waals surface area contributed by atoms with E-state index >= 15 is 0 Å².